The van der Waals surface area contributed by atoms with Crippen LogP contribution in [0.2, 0.25) is 0 Å². The quantitative estimate of drug-likeness (QED) is 0.0613. The van der Waals surface area contributed by atoms with Crippen molar-refractivity contribution in [1.29, 1.82) is 0 Å². The molecule has 1 atom stereocenters. The fraction of sp³-hybridized carbons (Fsp3) is 0.500. The zero-order valence-electron chi connectivity index (χ0n) is 39.7. The molecule has 3 saturated heterocycles. The highest BCUT2D eigenvalue weighted by Gasteiger charge is 2.50. The number of piperidine rings is 1. The van der Waals surface area contributed by atoms with Gasteiger partial charge in [0.2, 0.25) is 0 Å². The summed E-state index contributed by atoms with van der Waals surface area (Å²) in [6, 6.07) is 22.8. The first-order valence-electron chi connectivity index (χ1n) is 24.6. The van der Waals surface area contributed by atoms with Crippen LogP contribution in [0.15, 0.2) is 90.1 Å². The van der Waals surface area contributed by atoms with E-state index in [4.69, 9.17) is 9.47 Å². The molecule has 1 unspecified atom stereocenters. The van der Waals surface area contributed by atoms with E-state index in [0.717, 1.165) is 102 Å². The highest BCUT2D eigenvalue weighted by atomic mass is 32.2. The Labute approximate surface area is 404 Å². The van der Waals surface area contributed by atoms with Gasteiger partial charge in [-0.05, 0) is 123 Å². The topological polar surface area (TPSA) is 195 Å². The lowest BCUT2D eigenvalue weighted by molar-refractivity contribution is -0.384. The SMILES string of the molecule is CC(C)c1ccccc1C1CN(C2COC2)CCN1C1CC2(CCN(c3ccc(C(=O)NS(=O)(=O)c4ccc(NCC5CCC(C)(O)CC5)c([N+](=O)[O-])c4)c(Oc4cnc5[nH]ccc5c4)c3)CC2)C1. The van der Waals surface area contributed by atoms with Gasteiger partial charge in [0.1, 0.15) is 22.8 Å². The van der Waals surface area contributed by atoms with Gasteiger partial charge in [-0.3, -0.25) is 24.7 Å². The number of fused-ring (bicyclic) bond motifs is 1. The van der Waals surface area contributed by atoms with Crippen molar-refractivity contribution in [2.45, 2.75) is 107 Å². The predicted octanol–water partition coefficient (Wildman–Crippen LogP) is 8.37. The average molecular weight is 961 g/mol. The van der Waals surface area contributed by atoms with Crippen molar-refractivity contribution in [3.05, 3.63) is 112 Å². The molecular weight excluding hydrogens is 897 g/mol. The first-order valence-corrected chi connectivity index (χ1v) is 26.1. The molecule has 5 fully saturated rings. The fourth-order valence-electron chi connectivity index (χ4n) is 11.5. The Morgan fingerprint density at radius 3 is 2.48 bits per heavy atom. The second-order valence-electron chi connectivity index (χ2n) is 20.8. The van der Waals surface area contributed by atoms with Crippen LogP contribution in [0.5, 0.6) is 11.5 Å². The number of anilines is 2. The average Bonchev–Trinajstić information content (AvgIpc) is 3.78. The maximum Gasteiger partial charge on any atom is 0.293 e. The van der Waals surface area contributed by atoms with Gasteiger partial charge in [0.15, 0.2) is 0 Å². The van der Waals surface area contributed by atoms with E-state index in [0.29, 0.717) is 54.8 Å². The minimum atomic E-state index is -4.58. The lowest BCUT2D eigenvalue weighted by atomic mass is 9.59. The number of nitrogens with zero attached hydrogens (tertiary/aromatic N) is 5. The standard InChI is InChI=1S/C52H64N8O8S/c1-34(2)42-6-4-5-7-43(42)47-31-58(39-32-67-33-39)22-23-59(47)38-27-52(28-38)17-20-57(21-18-52)37-8-10-44(48(25-37)68-40-24-36-14-19-53-49(36)55-30-40)50(61)56-69(65,66)41-9-11-45(46(26-41)60(63)64)54-29-35-12-15-51(3,62)16-13-35/h4-11,14,19,24-26,30,34-35,38-39,47,54,62H,12-13,15-18,20-23,27-29,31-33H2,1-3H3,(H,53,55)(H,56,61). The Morgan fingerprint density at radius 2 is 1.75 bits per heavy atom. The molecule has 5 heterocycles. The number of piperazine rings is 1. The number of aromatic amines is 1. The summed E-state index contributed by atoms with van der Waals surface area (Å²) >= 11 is 0. The largest absolute Gasteiger partial charge is 0.455 e. The van der Waals surface area contributed by atoms with Crippen molar-refractivity contribution in [3.8, 4) is 11.5 Å². The Bertz CT molecular complexity index is 2800. The van der Waals surface area contributed by atoms with E-state index in [2.05, 4.69) is 72.8 Å². The number of nitrogens with one attached hydrogen (secondary N) is 3. The van der Waals surface area contributed by atoms with E-state index < -0.39 is 37.0 Å². The number of carbonyl (C=O) groups is 1. The third-order valence-electron chi connectivity index (χ3n) is 15.8. The van der Waals surface area contributed by atoms with Crippen LogP contribution in [0.25, 0.3) is 11.0 Å². The van der Waals surface area contributed by atoms with Crippen molar-refractivity contribution < 1.29 is 32.7 Å². The first kappa shape index (κ1) is 47.1. The number of nitro groups is 1. The summed E-state index contributed by atoms with van der Waals surface area (Å²) < 4.78 is 41.8. The smallest absolute Gasteiger partial charge is 0.293 e. The van der Waals surface area contributed by atoms with Gasteiger partial charge >= 0.3 is 0 Å². The Balaban J connectivity index is 0.836. The van der Waals surface area contributed by atoms with E-state index in [-0.39, 0.29) is 28.3 Å². The van der Waals surface area contributed by atoms with Crippen molar-refractivity contribution in [2.75, 3.05) is 62.7 Å². The molecule has 0 bridgehead atoms. The van der Waals surface area contributed by atoms with Crippen LogP contribution in [0.3, 0.4) is 0 Å². The number of amides is 1. The van der Waals surface area contributed by atoms with Crippen LogP contribution in [0, 0.1) is 21.4 Å². The second-order valence-corrected chi connectivity index (χ2v) is 22.5. The monoisotopic (exact) mass is 960 g/mol. The highest BCUT2D eigenvalue weighted by Crippen LogP contribution is 2.53. The van der Waals surface area contributed by atoms with Gasteiger partial charge < -0.3 is 29.8 Å². The molecule has 3 aliphatic heterocycles. The van der Waals surface area contributed by atoms with Gasteiger partial charge in [-0.15, -0.1) is 0 Å². The number of H-pyrrole nitrogens is 1. The second kappa shape index (κ2) is 19.0. The lowest BCUT2D eigenvalue weighted by Gasteiger charge is -2.59. The number of hydrogen-bond acceptors (Lipinski definition) is 13. The molecule has 4 N–H and O–H groups in total. The lowest BCUT2D eigenvalue weighted by Crippen LogP contribution is -2.62. The van der Waals surface area contributed by atoms with Gasteiger partial charge in [-0.1, -0.05) is 38.1 Å². The van der Waals surface area contributed by atoms with Gasteiger partial charge in [-0.2, -0.15) is 0 Å². The highest BCUT2D eigenvalue weighted by molar-refractivity contribution is 7.90. The maximum absolute atomic E-state index is 14.1. The number of rotatable bonds is 14. The van der Waals surface area contributed by atoms with Crippen LogP contribution in [-0.4, -0.2) is 114 Å². The molecule has 2 aromatic heterocycles. The van der Waals surface area contributed by atoms with Crippen LogP contribution in [0.1, 0.15) is 106 Å². The van der Waals surface area contributed by atoms with Gasteiger partial charge in [0.05, 0.1) is 46.4 Å². The Kier molecular flexibility index (Phi) is 12.9. The molecule has 2 saturated carbocycles. The summed E-state index contributed by atoms with van der Waals surface area (Å²) in [5.74, 6) is 0.216. The molecule has 5 aliphatic rings. The van der Waals surface area contributed by atoms with Gasteiger partial charge in [0, 0.05) is 80.8 Å². The summed E-state index contributed by atoms with van der Waals surface area (Å²) in [5, 5.41) is 26.5. The number of pyridine rings is 1. The molecule has 1 amide bonds. The molecule has 17 heteroatoms. The zero-order valence-corrected chi connectivity index (χ0v) is 40.5. The van der Waals surface area contributed by atoms with E-state index in [1.807, 2.05) is 19.1 Å². The molecule has 0 radical (unpaired) electrons. The van der Waals surface area contributed by atoms with E-state index >= 15 is 0 Å². The number of carbonyl (C=O) groups excluding carboxylic acids is 1. The molecule has 16 nitrogen and oxygen atoms in total. The number of nitro benzene ring substituents is 1. The number of benzene rings is 3. The predicted molar refractivity (Wildman–Crippen MR) is 264 cm³/mol. The molecule has 1 spiro atoms. The van der Waals surface area contributed by atoms with Crippen LogP contribution < -0.4 is 19.7 Å². The Morgan fingerprint density at radius 1 is 0.986 bits per heavy atom. The third-order valence-corrected chi connectivity index (χ3v) is 17.2. The van der Waals surface area contributed by atoms with Crippen molar-refractivity contribution in [3.63, 3.8) is 0 Å². The molecule has 366 valence electrons. The number of ether oxygens (including phenoxy) is 2. The van der Waals surface area contributed by atoms with Crippen LogP contribution >= 0.6 is 0 Å². The molecule has 5 aromatic rings. The molecular formula is C52H64N8O8S. The van der Waals surface area contributed by atoms with Crippen LogP contribution in [0.4, 0.5) is 17.1 Å². The zero-order chi connectivity index (χ0) is 48.1. The molecule has 3 aromatic carbocycles. The molecule has 69 heavy (non-hydrogen) atoms. The minimum absolute atomic E-state index is 0.0235. The van der Waals surface area contributed by atoms with Gasteiger partial charge in [-0.25, -0.2) is 18.1 Å². The summed E-state index contributed by atoms with van der Waals surface area (Å²) in [7, 11) is -4.58. The van der Waals surface area contributed by atoms with Crippen molar-refractivity contribution in [1.82, 2.24) is 24.5 Å². The molecule has 10 rings (SSSR count). The summed E-state index contributed by atoms with van der Waals surface area (Å²) in [4.78, 5) is 40.5. The number of aliphatic hydroxyl groups is 1. The van der Waals surface area contributed by atoms with E-state index in [1.54, 1.807) is 30.6 Å². The van der Waals surface area contributed by atoms with Gasteiger partial charge in [0.25, 0.3) is 21.6 Å². The van der Waals surface area contributed by atoms with Crippen molar-refractivity contribution in [2.24, 2.45) is 11.3 Å². The third kappa shape index (κ3) is 9.93. The summed E-state index contributed by atoms with van der Waals surface area (Å²) in [6.45, 7) is 13.3. The summed E-state index contributed by atoms with van der Waals surface area (Å²) in [5.41, 5.74) is 3.68. The van der Waals surface area contributed by atoms with E-state index in [1.165, 1.54) is 23.3 Å². The molecule has 2 aliphatic carbocycles. The minimum Gasteiger partial charge on any atom is -0.455 e. The first-order chi connectivity index (χ1) is 33.1. The fourth-order valence-corrected chi connectivity index (χ4v) is 12.5. The normalized spacial score (nSPS) is 23.7. The van der Waals surface area contributed by atoms with Crippen LogP contribution in [-0.2, 0) is 14.8 Å². The number of hydrogen-bond donors (Lipinski definition) is 4. The van der Waals surface area contributed by atoms with Crippen molar-refractivity contribution >= 4 is 44.0 Å². The number of sulfonamides is 1. The maximum atomic E-state index is 14.1. The Hall–Kier alpha value is -5.59. The summed E-state index contributed by atoms with van der Waals surface area (Å²) in [6.07, 6.45) is 10.5. The van der Waals surface area contributed by atoms with E-state index in [9.17, 15) is 28.4 Å². The number of aromatic nitrogens is 2.